The van der Waals surface area contributed by atoms with E-state index in [2.05, 4.69) is 36.1 Å². The summed E-state index contributed by atoms with van der Waals surface area (Å²) in [5, 5.41) is 8.45. The maximum absolute atomic E-state index is 5.21. The number of hydrogen-bond donors (Lipinski definition) is 0. The van der Waals surface area contributed by atoms with Gasteiger partial charge < -0.3 is 9.47 Å². The first-order valence-corrected chi connectivity index (χ1v) is 7.58. The second kappa shape index (κ2) is 6.84. The van der Waals surface area contributed by atoms with Crippen LogP contribution in [0.2, 0.25) is 0 Å². The molecule has 0 bridgehead atoms. The minimum atomic E-state index is 0.329. The summed E-state index contributed by atoms with van der Waals surface area (Å²) in [5.41, 5.74) is 1.52. The van der Waals surface area contributed by atoms with Crippen LogP contribution >= 0.6 is 15.9 Å². The van der Waals surface area contributed by atoms with E-state index < -0.39 is 0 Å². The van der Waals surface area contributed by atoms with Gasteiger partial charge in [-0.3, -0.25) is 9.55 Å². The lowest BCUT2D eigenvalue weighted by Crippen LogP contribution is -2.05. The molecule has 8 heteroatoms. The fourth-order valence-electron chi connectivity index (χ4n) is 2.11. The highest BCUT2D eigenvalue weighted by molar-refractivity contribution is 9.10. The van der Waals surface area contributed by atoms with E-state index in [0.29, 0.717) is 29.8 Å². The van der Waals surface area contributed by atoms with E-state index >= 15 is 0 Å². The van der Waals surface area contributed by atoms with E-state index in [9.17, 15) is 0 Å². The molecule has 23 heavy (non-hydrogen) atoms. The van der Waals surface area contributed by atoms with Gasteiger partial charge in [0.15, 0.2) is 11.6 Å². The van der Waals surface area contributed by atoms with Crippen molar-refractivity contribution in [1.82, 2.24) is 24.7 Å². The van der Waals surface area contributed by atoms with Gasteiger partial charge in [-0.05, 0) is 34.1 Å². The van der Waals surface area contributed by atoms with Gasteiger partial charge in [0.1, 0.15) is 12.3 Å². The van der Waals surface area contributed by atoms with Crippen molar-refractivity contribution in [3.63, 3.8) is 0 Å². The van der Waals surface area contributed by atoms with Crippen molar-refractivity contribution >= 4 is 15.9 Å². The van der Waals surface area contributed by atoms with Gasteiger partial charge in [0.05, 0.1) is 19.0 Å². The molecule has 0 aliphatic heterocycles. The van der Waals surface area contributed by atoms with Gasteiger partial charge in [0.2, 0.25) is 5.88 Å². The molecule has 0 amide bonds. The van der Waals surface area contributed by atoms with E-state index in [1.807, 2.05) is 22.8 Å². The molecule has 7 nitrogen and oxygen atoms in total. The summed E-state index contributed by atoms with van der Waals surface area (Å²) in [6.45, 7) is 0.329. The average Bonchev–Trinajstić information content (AvgIpc) is 3.00. The predicted octanol–water partition coefficient (Wildman–Crippen LogP) is 2.64. The highest BCUT2D eigenvalue weighted by Crippen LogP contribution is 2.23. The van der Waals surface area contributed by atoms with Crippen LogP contribution in [0, 0.1) is 0 Å². The van der Waals surface area contributed by atoms with Crippen molar-refractivity contribution in [3.8, 4) is 23.1 Å². The monoisotopic (exact) mass is 375 g/mol. The Morgan fingerprint density at radius 1 is 1.04 bits per heavy atom. The third-order valence-electron chi connectivity index (χ3n) is 3.15. The Hall–Kier alpha value is -2.32. The Labute approximate surface area is 141 Å². The van der Waals surface area contributed by atoms with Crippen LogP contribution in [-0.4, -0.2) is 39.0 Å². The molecule has 3 aromatic rings. The Balaban J connectivity index is 2.11. The zero-order valence-electron chi connectivity index (χ0n) is 12.6. The molecule has 0 atom stereocenters. The number of nitrogens with zero attached hydrogens (tertiary/aromatic N) is 5. The van der Waals surface area contributed by atoms with Crippen molar-refractivity contribution in [1.29, 1.82) is 0 Å². The van der Waals surface area contributed by atoms with Crippen molar-refractivity contribution in [3.05, 3.63) is 47.0 Å². The first-order chi connectivity index (χ1) is 11.2. The lowest BCUT2D eigenvalue weighted by atomic mass is 10.3. The van der Waals surface area contributed by atoms with Gasteiger partial charge in [-0.25, -0.2) is 4.98 Å². The first kappa shape index (κ1) is 15.6. The number of halogens is 1. The highest BCUT2D eigenvalue weighted by atomic mass is 79.9. The molecule has 0 fully saturated rings. The zero-order valence-corrected chi connectivity index (χ0v) is 14.2. The molecule has 0 aromatic carbocycles. The van der Waals surface area contributed by atoms with Gasteiger partial charge in [-0.2, -0.15) is 0 Å². The van der Waals surface area contributed by atoms with Crippen LogP contribution in [0.3, 0.4) is 0 Å². The quantitative estimate of drug-likeness (QED) is 0.682. The smallest absolute Gasteiger partial charge is 0.213 e. The van der Waals surface area contributed by atoms with Gasteiger partial charge in [-0.15, -0.1) is 10.2 Å². The van der Waals surface area contributed by atoms with Crippen LogP contribution in [0.5, 0.6) is 5.88 Å². The number of ether oxygens (including phenoxy) is 2. The molecule has 118 valence electrons. The van der Waals surface area contributed by atoms with E-state index in [-0.39, 0.29) is 0 Å². The molecule has 0 spiro atoms. The van der Waals surface area contributed by atoms with Crippen LogP contribution in [0.25, 0.3) is 17.2 Å². The minimum Gasteiger partial charge on any atom is -0.481 e. The second-order valence-electron chi connectivity index (χ2n) is 4.63. The van der Waals surface area contributed by atoms with E-state index in [1.54, 1.807) is 32.7 Å². The van der Waals surface area contributed by atoms with Crippen LogP contribution in [0.15, 0.2) is 41.1 Å². The van der Waals surface area contributed by atoms with Crippen molar-refractivity contribution in [2.75, 3.05) is 14.2 Å². The Morgan fingerprint density at radius 2 is 1.91 bits per heavy atom. The minimum absolute atomic E-state index is 0.329. The summed E-state index contributed by atoms with van der Waals surface area (Å²) in [6, 6.07) is 7.45. The third kappa shape index (κ3) is 3.22. The SMILES string of the molecule is COCc1nnc(-c2ccc(Br)cn2)n1-c1ccc(OC)nc1. The molecule has 3 aromatic heterocycles. The van der Waals surface area contributed by atoms with Crippen molar-refractivity contribution in [2.45, 2.75) is 6.61 Å². The molecule has 0 radical (unpaired) electrons. The number of pyridine rings is 2. The number of rotatable bonds is 5. The van der Waals surface area contributed by atoms with E-state index in [1.165, 1.54) is 0 Å². The highest BCUT2D eigenvalue weighted by Gasteiger charge is 2.16. The van der Waals surface area contributed by atoms with Gasteiger partial charge in [-0.1, -0.05) is 0 Å². The molecule has 3 rings (SSSR count). The summed E-state index contributed by atoms with van der Waals surface area (Å²) in [7, 11) is 3.19. The molecule has 0 saturated heterocycles. The van der Waals surface area contributed by atoms with Gasteiger partial charge >= 0.3 is 0 Å². The third-order valence-corrected chi connectivity index (χ3v) is 3.62. The van der Waals surface area contributed by atoms with E-state index in [4.69, 9.17) is 9.47 Å². The van der Waals surface area contributed by atoms with Crippen LogP contribution in [-0.2, 0) is 11.3 Å². The fourth-order valence-corrected chi connectivity index (χ4v) is 2.34. The average molecular weight is 376 g/mol. The Morgan fingerprint density at radius 3 is 2.52 bits per heavy atom. The lowest BCUT2D eigenvalue weighted by Gasteiger charge is -2.10. The summed E-state index contributed by atoms with van der Waals surface area (Å²) in [6.07, 6.45) is 3.42. The number of aromatic nitrogens is 5. The fraction of sp³-hybridized carbons (Fsp3) is 0.200. The van der Waals surface area contributed by atoms with Crippen molar-refractivity contribution in [2.24, 2.45) is 0 Å². The maximum atomic E-state index is 5.21. The molecule has 0 N–H and O–H groups in total. The van der Waals surface area contributed by atoms with E-state index in [0.717, 1.165) is 10.2 Å². The van der Waals surface area contributed by atoms with Crippen molar-refractivity contribution < 1.29 is 9.47 Å². The van der Waals surface area contributed by atoms with Gasteiger partial charge in [0.25, 0.3) is 0 Å². The maximum Gasteiger partial charge on any atom is 0.213 e. The van der Waals surface area contributed by atoms with Gasteiger partial charge in [0, 0.05) is 23.8 Å². The molecular weight excluding hydrogens is 362 g/mol. The largest absolute Gasteiger partial charge is 0.481 e. The normalized spacial score (nSPS) is 10.7. The molecule has 0 saturated carbocycles. The summed E-state index contributed by atoms with van der Waals surface area (Å²) < 4.78 is 13.1. The standard InChI is InChI=1S/C15H14BrN5O2/c1-22-9-13-19-20-15(12-5-3-10(16)7-17-12)21(13)11-4-6-14(23-2)18-8-11/h3-8H,9H2,1-2H3. The van der Waals surface area contributed by atoms with Crippen LogP contribution < -0.4 is 4.74 Å². The summed E-state index contributed by atoms with van der Waals surface area (Å²) >= 11 is 3.38. The Kier molecular flexibility index (Phi) is 4.63. The number of methoxy groups -OCH3 is 2. The second-order valence-corrected chi connectivity index (χ2v) is 5.54. The lowest BCUT2D eigenvalue weighted by molar-refractivity contribution is 0.176. The van der Waals surface area contributed by atoms with Crippen LogP contribution in [0.4, 0.5) is 0 Å². The topological polar surface area (TPSA) is 75.0 Å². The summed E-state index contributed by atoms with van der Waals surface area (Å²) in [4.78, 5) is 8.62. The predicted molar refractivity (Wildman–Crippen MR) is 87.4 cm³/mol. The molecule has 0 unspecified atom stereocenters. The molecule has 0 aliphatic rings. The Bertz CT molecular complexity index is 787. The van der Waals surface area contributed by atoms with Crippen LogP contribution in [0.1, 0.15) is 5.82 Å². The number of hydrogen-bond acceptors (Lipinski definition) is 6. The molecule has 3 heterocycles. The molecular formula is C15H14BrN5O2. The molecule has 0 aliphatic carbocycles. The zero-order chi connectivity index (χ0) is 16.2. The first-order valence-electron chi connectivity index (χ1n) is 6.78. The summed E-state index contributed by atoms with van der Waals surface area (Å²) in [5.74, 6) is 1.83.